The van der Waals surface area contributed by atoms with E-state index in [-0.39, 0.29) is 0 Å². The Morgan fingerprint density at radius 2 is 2.17 bits per heavy atom. The van der Waals surface area contributed by atoms with Gasteiger partial charge in [-0.05, 0) is 22.6 Å². The molecule has 0 aromatic heterocycles. The molecule has 0 aliphatic rings. The first-order valence-corrected chi connectivity index (χ1v) is 2.38. The SMILES string of the molecule is O=C([O-])C(F)I. The van der Waals surface area contributed by atoms with E-state index in [0.717, 1.165) is 22.6 Å². The van der Waals surface area contributed by atoms with Crippen LogP contribution in [0.2, 0.25) is 0 Å². The summed E-state index contributed by atoms with van der Waals surface area (Å²) in [5, 5.41) is 9.21. The van der Waals surface area contributed by atoms with Gasteiger partial charge in [-0.3, -0.25) is 0 Å². The zero-order valence-corrected chi connectivity index (χ0v) is 4.81. The Morgan fingerprint density at radius 1 is 2.00 bits per heavy atom. The highest BCUT2D eigenvalue weighted by atomic mass is 127. The Labute approximate surface area is 47.5 Å². The minimum Gasteiger partial charge on any atom is -0.546 e. The van der Waals surface area contributed by atoms with Gasteiger partial charge in [0.2, 0.25) is 0 Å². The molecule has 0 heterocycles. The fourth-order valence-corrected chi connectivity index (χ4v) is 0. The van der Waals surface area contributed by atoms with Crippen LogP contribution in [0, 0.1) is 0 Å². The molecule has 0 spiro atoms. The molecule has 1 atom stereocenters. The molecule has 0 saturated heterocycles. The fraction of sp³-hybridized carbons (Fsp3) is 0.500. The maximum absolute atomic E-state index is 11.1. The molecule has 0 radical (unpaired) electrons. The van der Waals surface area contributed by atoms with E-state index in [2.05, 4.69) is 0 Å². The van der Waals surface area contributed by atoms with Gasteiger partial charge in [-0.15, -0.1) is 0 Å². The molecule has 4 heteroatoms. The van der Waals surface area contributed by atoms with Crippen molar-refractivity contribution < 1.29 is 14.3 Å². The topological polar surface area (TPSA) is 40.1 Å². The smallest absolute Gasteiger partial charge is 0.190 e. The first-order valence-electron chi connectivity index (χ1n) is 1.13. The lowest BCUT2D eigenvalue weighted by Crippen LogP contribution is -2.28. The van der Waals surface area contributed by atoms with Crippen LogP contribution in [0.5, 0.6) is 0 Å². The maximum atomic E-state index is 11.1. The zero-order chi connectivity index (χ0) is 5.15. The van der Waals surface area contributed by atoms with Crippen molar-refractivity contribution in [2.75, 3.05) is 0 Å². The average molecular weight is 203 g/mol. The van der Waals surface area contributed by atoms with Gasteiger partial charge in [-0.1, -0.05) is 0 Å². The van der Waals surface area contributed by atoms with Crippen molar-refractivity contribution in [3.8, 4) is 0 Å². The molecular formula is C2HFIO2-. The van der Waals surface area contributed by atoms with Crippen LogP contribution in [-0.2, 0) is 4.79 Å². The van der Waals surface area contributed by atoms with E-state index in [1.54, 1.807) is 0 Å². The Kier molecular flexibility index (Phi) is 2.38. The highest BCUT2D eigenvalue weighted by molar-refractivity contribution is 14.1. The Balaban J connectivity index is 3.26. The third-order valence-electron chi connectivity index (χ3n) is 0.178. The Hall–Kier alpha value is 0.130. The first kappa shape index (κ1) is 6.13. The summed E-state index contributed by atoms with van der Waals surface area (Å²) >= 11 is 1.10. The highest BCUT2D eigenvalue weighted by Gasteiger charge is 1.95. The van der Waals surface area contributed by atoms with Crippen molar-refractivity contribution in [3.63, 3.8) is 0 Å². The van der Waals surface area contributed by atoms with Crippen LogP contribution in [0.4, 0.5) is 4.39 Å². The van der Waals surface area contributed by atoms with Crippen LogP contribution >= 0.6 is 22.6 Å². The van der Waals surface area contributed by atoms with E-state index in [1.807, 2.05) is 0 Å². The molecule has 0 N–H and O–H groups in total. The van der Waals surface area contributed by atoms with Crippen molar-refractivity contribution in [3.05, 3.63) is 0 Å². The number of carbonyl (C=O) groups is 1. The van der Waals surface area contributed by atoms with Crippen molar-refractivity contribution in [1.29, 1.82) is 0 Å². The van der Waals surface area contributed by atoms with E-state index in [9.17, 15) is 14.3 Å². The molecule has 0 rings (SSSR count). The number of rotatable bonds is 1. The number of hydrogen-bond donors (Lipinski definition) is 0. The summed E-state index contributed by atoms with van der Waals surface area (Å²) in [6.45, 7) is 0. The molecule has 0 amide bonds. The molecule has 0 bridgehead atoms. The largest absolute Gasteiger partial charge is 0.546 e. The monoisotopic (exact) mass is 203 g/mol. The molecule has 6 heavy (non-hydrogen) atoms. The molecule has 0 aliphatic heterocycles. The molecule has 1 unspecified atom stereocenters. The Bertz CT molecular complexity index is 62.6. The quantitative estimate of drug-likeness (QED) is 0.424. The predicted molar refractivity (Wildman–Crippen MR) is 23.9 cm³/mol. The summed E-state index contributed by atoms with van der Waals surface area (Å²) in [6.07, 6.45) is 0. The summed E-state index contributed by atoms with van der Waals surface area (Å²) < 4.78 is 9.28. The number of carbonyl (C=O) groups excluding carboxylic acids is 1. The highest BCUT2D eigenvalue weighted by Crippen LogP contribution is 1.96. The molecule has 0 aromatic carbocycles. The first-order chi connectivity index (χ1) is 2.64. The number of carboxylic acids is 1. The lowest BCUT2D eigenvalue weighted by atomic mass is 10.8. The standard InChI is InChI=1S/C2H2FIO2/c3-1(4)2(5)6/h1H,(H,5,6)/p-1. The summed E-state index contributed by atoms with van der Waals surface area (Å²) in [4.78, 5) is 9.21. The summed E-state index contributed by atoms with van der Waals surface area (Å²) in [5.41, 5.74) is 0. The van der Waals surface area contributed by atoms with Gasteiger partial charge in [0.15, 0.2) is 4.18 Å². The van der Waals surface area contributed by atoms with Crippen molar-refractivity contribution in [2.24, 2.45) is 0 Å². The molecule has 36 valence electrons. The van der Waals surface area contributed by atoms with Crippen molar-refractivity contribution in [2.45, 2.75) is 4.18 Å². The van der Waals surface area contributed by atoms with E-state index >= 15 is 0 Å². The third-order valence-corrected chi connectivity index (χ3v) is 0.687. The number of aliphatic carboxylic acids is 1. The number of hydrogen-bond acceptors (Lipinski definition) is 2. The van der Waals surface area contributed by atoms with Gasteiger partial charge in [-0.25, -0.2) is 4.39 Å². The lowest BCUT2D eigenvalue weighted by molar-refractivity contribution is -0.307. The second-order valence-electron chi connectivity index (χ2n) is 0.620. The van der Waals surface area contributed by atoms with Crippen LogP contribution in [-0.4, -0.2) is 10.1 Å². The third kappa shape index (κ3) is 2.37. The molecule has 0 aromatic rings. The van der Waals surface area contributed by atoms with Gasteiger partial charge in [0, 0.05) is 0 Å². The minimum absolute atomic E-state index is 1.10. The van der Waals surface area contributed by atoms with Crippen LogP contribution in [0.15, 0.2) is 0 Å². The number of alkyl halides is 2. The summed E-state index contributed by atoms with van der Waals surface area (Å²) in [6, 6.07) is 0. The molecular weight excluding hydrogens is 202 g/mol. The predicted octanol–water partition coefficient (Wildman–Crippen LogP) is -0.533. The van der Waals surface area contributed by atoms with Gasteiger partial charge >= 0.3 is 0 Å². The van der Waals surface area contributed by atoms with E-state index in [1.165, 1.54) is 0 Å². The maximum Gasteiger partial charge on any atom is 0.190 e. The van der Waals surface area contributed by atoms with Gasteiger partial charge in [0.25, 0.3) is 0 Å². The molecule has 0 fully saturated rings. The second kappa shape index (κ2) is 2.33. The van der Waals surface area contributed by atoms with E-state index < -0.39 is 10.1 Å². The van der Waals surface area contributed by atoms with Crippen LogP contribution < -0.4 is 5.11 Å². The summed E-state index contributed by atoms with van der Waals surface area (Å²) in [7, 11) is 0. The van der Waals surface area contributed by atoms with Crippen LogP contribution in [0.1, 0.15) is 0 Å². The lowest BCUT2D eigenvalue weighted by Gasteiger charge is -1.95. The van der Waals surface area contributed by atoms with E-state index in [4.69, 9.17) is 0 Å². The normalized spacial score (nSPS) is 13.7. The van der Waals surface area contributed by atoms with Gasteiger partial charge in [-0.2, -0.15) is 0 Å². The summed E-state index contributed by atoms with van der Waals surface area (Å²) in [5.74, 6) is -1.67. The van der Waals surface area contributed by atoms with Gasteiger partial charge in [0.1, 0.15) is 0 Å². The van der Waals surface area contributed by atoms with Gasteiger partial charge < -0.3 is 9.90 Å². The number of carboxylic acid groups (broad SMARTS) is 1. The Morgan fingerprint density at radius 3 is 2.17 bits per heavy atom. The van der Waals surface area contributed by atoms with Gasteiger partial charge in [0.05, 0.1) is 5.97 Å². The average Bonchev–Trinajstić information content (AvgIpc) is 1.36. The molecule has 0 saturated carbocycles. The van der Waals surface area contributed by atoms with Crippen LogP contribution in [0.25, 0.3) is 0 Å². The fourth-order valence-electron chi connectivity index (χ4n) is 0. The van der Waals surface area contributed by atoms with E-state index in [0.29, 0.717) is 0 Å². The second-order valence-corrected chi connectivity index (χ2v) is 1.71. The zero-order valence-electron chi connectivity index (χ0n) is 2.65. The van der Waals surface area contributed by atoms with Crippen LogP contribution in [0.3, 0.4) is 0 Å². The van der Waals surface area contributed by atoms with Crippen molar-refractivity contribution >= 4 is 28.6 Å². The molecule has 0 aliphatic carbocycles. The molecule has 2 nitrogen and oxygen atoms in total. The number of halogens is 2. The van der Waals surface area contributed by atoms with Crippen molar-refractivity contribution in [1.82, 2.24) is 0 Å². The minimum atomic E-state index is -1.87.